The molecule has 0 aliphatic carbocycles. The lowest BCUT2D eigenvalue weighted by Gasteiger charge is -2.48. The molecule has 0 unspecified atom stereocenters. The lowest BCUT2D eigenvalue weighted by molar-refractivity contribution is -0.226. The van der Waals surface area contributed by atoms with Gasteiger partial charge in [0.15, 0.2) is 0 Å². The average molecular weight is 258 g/mol. The number of nitrogens with zero attached hydrogens (tertiary/aromatic N) is 2. The SMILES string of the molecule is CC1(C)CC(=NO[Si](C)(C)C)CC(C)(C)N1O. The summed E-state index contributed by atoms with van der Waals surface area (Å²) in [6.07, 6.45) is 1.49. The maximum atomic E-state index is 10.2. The second-order valence-electron chi connectivity index (χ2n) is 7.15. The van der Waals surface area contributed by atoms with Crippen LogP contribution in [-0.2, 0) is 4.53 Å². The van der Waals surface area contributed by atoms with Crippen LogP contribution in [-0.4, -0.2) is 35.4 Å². The third kappa shape index (κ3) is 3.79. The highest BCUT2D eigenvalue weighted by molar-refractivity contribution is 6.69. The molecule has 0 aromatic rings. The predicted molar refractivity (Wildman–Crippen MR) is 72.9 cm³/mol. The Balaban J connectivity index is 2.85. The zero-order valence-electron chi connectivity index (χ0n) is 12.2. The molecule has 100 valence electrons. The van der Waals surface area contributed by atoms with Crippen LogP contribution in [0, 0.1) is 0 Å². The molecule has 17 heavy (non-hydrogen) atoms. The van der Waals surface area contributed by atoms with E-state index in [1.807, 2.05) is 27.7 Å². The highest BCUT2D eigenvalue weighted by atomic mass is 28.4. The van der Waals surface area contributed by atoms with Gasteiger partial charge in [0.25, 0.3) is 8.32 Å². The number of rotatable bonds is 2. The molecule has 4 nitrogen and oxygen atoms in total. The molecule has 0 amide bonds. The van der Waals surface area contributed by atoms with Crippen molar-refractivity contribution < 1.29 is 9.73 Å². The zero-order chi connectivity index (χ0) is 13.5. The van der Waals surface area contributed by atoms with Crippen molar-refractivity contribution in [3.05, 3.63) is 0 Å². The average Bonchev–Trinajstić information content (AvgIpc) is 2.09. The Morgan fingerprint density at radius 3 is 1.88 bits per heavy atom. The fraction of sp³-hybridized carbons (Fsp3) is 0.917. The first-order valence-corrected chi connectivity index (χ1v) is 9.58. The summed E-state index contributed by atoms with van der Waals surface area (Å²) in [5, 5.41) is 15.9. The number of hydrogen-bond donors (Lipinski definition) is 1. The van der Waals surface area contributed by atoms with E-state index >= 15 is 0 Å². The van der Waals surface area contributed by atoms with Gasteiger partial charge in [-0.3, -0.25) is 0 Å². The van der Waals surface area contributed by atoms with Crippen molar-refractivity contribution >= 4 is 14.0 Å². The quantitative estimate of drug-likeness (QED) is 0.611. The van der Waals surface area contributed by atoms with Gasteiger partial charge in [-0.05, 0) is 47.3 Å². The first-order valence-electron chi connectivity index (χ1n) is 6.17. The summed E-state index contributed by atoms with van der Waals surface area (Å²) in [7, 11) is -1.61. The molecule has 0 atom stereocenters. The summed E-state index contributed by atoms with van der Waals surface area (Å²) in [6.45, 7) is 14.5. The Bertz CT molecular complexity index is 299. The molecule has 1 saturated heterocycles. The Hall–Kier alpha value is -0.393. The van der Waals surface area contributed by atoms with Crippen molar-refractivity contribution in [1.29, 1.82) is 0 Å². The molecule has 0 radical (unpaired) electrons. The predicted octanol–water partition coefficient (Wildman–Crippen LogP) is 3.24. The molecule has 1 aliphatic heterocycles. The Morgan fingerprint density at radius 2 is 1.53 bits per heavy atom. The van der Waals surface area contributed by atoms with Crippen LogP contribution in [0.15, 0.2) is 5.16 Å². The number of hydroxylamine groups is 2. The van der Waals surface area contributed by atoms with Crippen LogP contribution < -0.4 is 0 Å². The largest absolute Gasteiger partial charge is 0.456 e. The van der Waals surface area contributed by atoms with Gasteiger partial charge in [0, 0.05) is 23.9 Å². The Morgan fingerprint density at radius 1 is 1.12 bits per heavy atom. The van der Waals surface area contributed by atoms with E-state index in [0.717, 1.165) is 18.6 Å². The molecule has 1 fully saturated rings. The summed E-state index contributed by atoms with van der Waals surface area (Å²) < 4.78 is 5.62. The summed E-state index contributed by atoms with van der Waals surface area (Å²) >= 11 is 0. The highest BCUT2D eigenvalue weighted by Gasteiger charge is 2.43. The lowest BCUT2D eigenvalue weighted by Crippen LogP contribution is -2.59. The smallest absolute Gasteiger partial charge is 0.278 e. The molecular formula is C12H26N2O2Si. The summed E-state index contributed by atoms with van der Waals surface area (Å²) in [4.78, 5) is 0. The van der Waals surface area contributed by atoms with Crippen molar-refractivity contribution in [2.45, 2.75) is 71.3 Å². The molecule has 0 bridgehead atoms. The third-order valence-electron chi connectivity index (χ3n) is 2.87. The van der Waals surface area contributed by atoms with Crippen LogP contribution in [0.25, 0.3) is 0 Å². The van der Waals surface area contributed by atoms with Crippen LogP contribution in [0.1, 0.15) is 40.5 Å². The Kier molecular flexibility index (Phi) is 3.77. The molecule has 1 N–H and O–H groups in total. The second-order valence-corrected chi connectivity index (χ2v) is 11.6. The molecule has 0 spiro atoms. The topological polar surface area (TPSA) is 45.1 Å². The molecule has 1 aliphatic rings. The minimum Gasteiger partial charge on any atom is -0.456 e. The normalized spacial score (nSPS) is 24.6. The maximum absolute atomic E-state index is 10.2. The van der Waals surface area contributed by atoms with Crippen molar-refractivity contribution in [3.8, 4) is 0 Å². The minimum absolute atomic E-state index is 0.288. The van der Waals surface area contributed by atoms with E-state index < -0.39 is 8.32 Å². The molecule has 5 heteroatoms. The van der Waals surface area contributed by atoms with Gasteiger partial charge >= 0.3 is 0 Å². The van der Waals surface area contributed by atoms with Crippen LogP contribution >= 0.6 is 0 Å². The third-order valence-corrected chi connectivity index (χ3v) is 3.51. The van der Waals surface area contributed by atoms with E-state index in [1.165, 1.54) is 5.06 Å². The maximum Gasteiger partial charge on any atom is 0.278 e. The summed E-state index contributed by atoms with van der Waals surface area (Å²) in [5.41, 5.74) is 0.472. The molecule has 1 heterocycles. The van der Waals surface area contributed by atoms with Gasteiger partial charge in [-0.15, -0.1) is 5.16 Å². The Labute approximate surface area is 106 Å². The van der Waals surface area contributed by atoms with Gasteiger partial charge < -0.3 is 9.73 Å². The van der Waals surface area contributed by atoms with Crippen molar-refractivity contribution in [3.63, 3.8) is 0 Å². The van der Waals surface area contributed by atoms with Crippen molar-refractivity contribution in [1.82, 2.24) is 5.06 Å². The van der Waals surface area contributed by atoms with Crippen molar-refractivity contribution in [2.75, 3.05) is 0 Å². The first-order chi connectivity index (χ1) is 7.44. The lowest BCUT2D eigenvalue weighted by atomic mass is 9.81. The van der Waals surface area contributed by atoms with E-state index in [2.05, 4.69) is 24.8 Å². The molecule has 0 saturated carbocycles. The zero-order valence-corrected chi connectivity index (χ0v) is 13.2. The molecule has 0 aromatic heterocycles. The van der Waals surface area contributed by atoms with E-state index in [0.29, 0.717) is 0 Å². The molecule has 1 rings (SSSR count). The monoisotopic (exact) mass is 258 g/mol. The van der Waals surface area contributed by atoms with Crippen LogP contribution in [0.5, 0.6) is 0 Å². The van der Waals surface area contributed by atoms with E-state index in [-0.39, 0.29) is 11.1 Å². The standard InChI is InChI=1S/C12H26N2O2Si/c1-11(2)8-10(13-16-17(5,6)7)9-12(3,4)14(11)15/h15H,8-9H2,1-7H3. The van der Waals surface area contributed by atoms with E-state index in [4.69, 9.17) is 4.53 Å². The fourth-order valence-electron chi connectivity index (χ4n) is 2.30. The fourth-order valence-corrected chi connectivity index (χ4v) is 2.70. The number of hydrogen-bond acceptors (Lipinski definition) is 4. The van der Waals surface area contributed by atoms with Gasteiger partial charge in [-0.1, -0.05) is 0 Å². The van der Waals surface area contributed by atoms with E-state index in [1.54, 1.807) is 0 Å². The second kappa shape index (κ2) is 4.37. The van der Waals surface area contributed by atoms with Gasteiger partial charge in [-0.2, -0.15) is 5.06 Å². The van der Waals surface area contributed by atoms with Gasteiger partial charge in [0.05, 0.1) is 5.71 Å². The summed E-state index contributed by atoms with van der Waals surface area (Å²) in [6, 6.07) is 0. The highest BCUT2D eigenvalue weighted by Crippen LogP contribution is 2.35. The molecular weight excluding hydrogens is 232 g/mol. The molecule has 0 aromatic carbocycles. The number of oxime groups is 1. The first kappa shape index (κ1) is 14.7. The van der Waals surface area contributed by atoms with E-state index in [9.17, 15) is 5.21 Å². The van der Waals surface area contributed by atoms with Gasteiger partial charge in [-0.25, -0.2) is 0 Å². The summed E-state index contributed by atoms with van der Waals surface area (Å²) in [5.74, 6) is 0. The van der Waals surface area contributed by atoms with Crippen molar-refractivity contribution in [2.24, 2.45) is 5.16 Å². The number of piperidine rings is 1. The van der Waals surface area contributed by atoms with Crippen LogP contribution in [0.2, 0.25) is 19.6 Å². The van der Waals surface area contributed by atoms with Gasteiger partial charge in [0.1, 0.15) is 0 Å². The van der Waals surface area contributed by atoms with Crippen LogP contribution in [0.3, 0.4) is 0 Å². The van der Waals surface area contributed by atoms with Gasteiger partial charge in [0.2, 0.25) is 0 Å². The minimum atomic E-state index is -1.61. The van der Waals surface area contributed by atoms with Crippen LogP contribution in [0.4, 0.5) is 0 Å².